The minimum absolute atomic E-state index is 0.0279. The Kier molecular flexibility index (Phi) is 6.96. The third kappa shape index (κ3) is 5.52. The predicted molar refractivity (Wildman–Crippen MR) is 60.4 cm³/mol. The van der Waals surface area contributed by atoms with Gasteiger partial charge in [0.2, 0.25) is 11.8 Å². The molecule has 0 aromatic carbocycles. The van der Waals surface area contributed by atoms with Crippen molar-refractivity contribution in [3.8, 4) is 0 Å². The van der Waals surface area contributed by atoms with E-state index in [0.29, 0.717) is 0 Å². The number of carbonyl (C=O) groups is 2. The highest BCUT2D eigenvalue weighted by atomic mass is 16.2. The quantitative estimate of drug-likeness (QED) is 0.709. The summed E-state index contributed by atoms with van der Waals surface area (Å²) in [4.78, 5) is 24.2. The Hall–Kier alpha value is -0.900. The molecule has 0 bridgehead atoms. The summed E-state index contributed by atoms with van der Waals surface area (Å²) in [5.74, 6) is -0.343. The molecule has 4 nitrogen and oxygen atoms in total. The minimum atomic E-state index is -0.260. The van der Waals surface area contributed by atoms with E-state index < -0.39 is 0 Å². The molecule has 88 valence electrons. The van der Waals surface area contributed by atoms with E-state index in [1.54, 1.807) is 0 Å². The lowest BCUT2D eigenvalue weighted by atomic mass is 9.96. The van der Waals surface area contributed by atoms with E-state index in [0.717, 1.165) is 25.9 Å². The Morgan fingerprint density at radius 2 is 1.67 bits per heavy atom. The molecule has 1 saturated heterocycles. The maximum atomic E-state index is 11.4. The maximum absolute atomic E-state index is 11.4. The van der Waals surface area contributed by atoms with Crippen LogP contribution in [0.15, 0.2) is 0 Å². The molecule has 0 saturated carbocycles. The largest absolute Gasteiger partial charge is 0.306 e. The number of hydrogen-bond acceptors (Lipinski definition) is 3. The Balaban J connectivity index is 0.000000921. The van der Waals surface area contributed by atoms with Crippen molar-refractivity contribution in [1.29, 1.82) is 0 Å². The lowest BCUT2D eigenvalue weighted by molar-refractivity contribution is -0.132. The third-order valence-corrected chi connectivity index (χ3v) is 2.39. The topological polar surface area (TPSA) is 49.4 Å². The van der Waals surface area contributed by atoms with Crippen LogP contribution in [0.1, 0.15) is 33.6 Å². The molecule has 1 fully saturated rings. The zero-order chi connectivity index (χ0) is 11.8. The molecular weight excluding hydrogens is 192 g/mol. The van der Waals surface area contributed by atoms with Gasteiger partial charge in [0.15, 0.2) is 0 Å². The molecule has 1 aliphatic rings. The molecule has 0 aliphatic carbocycles. The van der Waals surface area contributed by atoms with Crippen molar-refractivity contribution in [2.45, 2.75) is 33.6 Å². The Morgan fingerprint density at radius 1 is 1.20 bits per heavy atom. The molecule has 0 aromatic rings. The smallest absolute Gasteiger partial charge is 0.229 e. The van der Waals surface area contributed by atoms with Gasteiger partial charge in [-0.25, -0.2) is 0 Å². The van der Waals surface area contributed by atoms with Gasteiger partial charge < -0.3 is 4.90 Å². The fourth-order valence-corrected chi connectivity index (χ4v) is 1.55. The van der Waals surface area contributed by atoms with Gasteiger partial charge in [-0.05, 0) is 33.0 Å². The number of imide groups is 1. The molecule has 15 heavy (non-hydrogen) atoms. The number of hydrogen-bond donors (Lipinski definition) is 1. The Morgan fingerprint density at radius 3 is 2.07 bits per heavy atom. The molecular formula is C11H22N2O2. The van der Waals surface area contributed by atoms with Crippen molar-refractivity contribution in [2.75, 3.05) is 20.1 Å². The molecule has 1 heterocycles. The summed E-state index contributed by atoms with van der Waals surface area (Å²) < 4.78 is 0. The fraction of sp³-hybridized carbons (Fsp3) is 0.818. The van der Waals surface area contributed by atoms with Gasteiger partial charge in [0, 0.05) is 12.8 Å². The lowest BCUT2D eigenvalue weighted by Gasteiger charge is -2.27. The summed E-state index contributed by atoms with van der Waals surface area (Å²) in [5, 5.41) is 2.33. The number of amides is 2. The Bertz CT molecular complexity index is 209. The van der Waals surface area contributed by atoms with E-state index in [9.17, 15) is 9.59 Å². The van der Waals surface area contributed by atoms with Crippen molar-refractivity contribution in [1.82, 2.24) is 10.2 Å². The summed E-state index contributed by atoms with van der Waals surface area (Å²) >= 11 is 0. The number of nitrogens with zero attached hydrogens (tertiary/aromatic N) is 1. The molecule has 0 aromatic heterocycles. The van der Waals surface area contributed by atoms with Crippen LogP contribution in [0.3, 0.4) is 0 Å². The maximum Gasteiger partial charge on any atom is 0.229 e. The first-order valence-corrected chi connectivity index (χ1v) is 5.59. The number of nitrogens with one attached hydrogen (secondary N) is 1. The SMILES string of the molecule is CC.CC(=O)NC(=O)C1CCN(C)CC1. The summed E-state index contributed by atoms with van der Waals surface area (Å²) in [6, 6.07) is 0. The number of rotatable bonds is 1. The van der Waals surface area contributed by atoms with Crippen LogP contribution in [0.25, 0.3) is 0 Å². The standard InChI is InChI=1S/C9H16N2O2.C2H6/c1-7(12)10-9(13)8-3-5-11(2)6-4-8;1-2/h8H,3-6H2,1-2H3,(H,10,12,13);1-2H3. The molecule has 0 radical (unpaired) electrons. The fourth-order valence-electron chi connectivity index (χ4n) is 1.55. The number of carbonyl (C=O) groups excluding carboxylic acids is 2. The highest BCUT2D eigenvalue weighted by molar-refractivity contribution is 5.95. The molecule has 0 atom stereocenters. The van der Waals surface area contributed by atoms with E-state index in [1.165, 1.54) is 6.92 Å². The van der Waals surface area contributed by atoms with Crippen LogP contribution in [0.5, 0.6) is 0 Å². The van der Waals surface area contributed by atoms with E-state index in [-0.39, 0.29) is 17.7 Å². The summed E-state index contributed by atoms with van der Waals surface area (Å²) in [5.41, 5.74) is 0. The van der Waals surface area contributed by atoms with Crippen LogP contribution in [0, 0.1) is 5.92 Å². The van der Waals surface area contributed by atoms with Gasteiger partial charge in [0.1, 0.15) is 0 Å². The molecule has 1 rings (SSSR count). The van der Waals surface area contributed by atoms with Gasteiger partial charge in [0.25, 0.3) is 0 Å². The van der Waals surface area contributed by atoms with Gasteiger partial charge in [-0.1, -0.05) is 13.8 Å². The molecule has 1 N–H and O–H groups in total. The van der Waals surface area contributed by atoms with Crippen LogP contribution in [0.2, 0.25) is 0 Å². The van der Waals surface area contributed by atoms with E-state index >= 15 is 0 Å². The lowest BCUT2D eigenvalue weighted by Crippen LogP contribution is -2.40. The highest BCUT2D eigenvalue weighted by Gasteiger charge is 2.23. The second kappa shape index (κ2) is 7.40. The van der Waals surface area contributed by atoms with Crippen molar-refractivity contribution < 1.29 is 9.59 Å². The number of piperidine rings is 1. The minimum Gasteiger partial charge on any atom is -0.306 e. The molecule has 2 amide bonds. The molecule has 1 aliphatic heterocycles. The van der Waals surface area contributed by atoms with Crippen molar-refractivity contribution in [3.63, 3.8) is 0 Å². The van der Waals surface area contributed by atoms with E-state index in [4.69, 9.17) is 0 Å². The zero-order valence-electron chi connectivity index (χ0n) is 10.2. The van der Waals surface area contributed by atoms with Gasteiger partial charge in [-0.15, -0.1) is 0 Å². The Labute approximate surface area is 92.0 Å². The number of likely N-dealkylation sites (tertiary alicyclic amines) is 1. The predicted octanol–water partition coefficient (Wildman–Crippen LogP) is 1.02. The average molecular weight is 214 g/mol. The molecule has 4 heteroatoms. The highest BCUT2D eigenvalue weighted by Crippen LogP contribution is 2.15. The van der Waals surface area contributed by atoms with Gasteiger partial charge in [-0.2, -0.15) is 0 Å². The summed E-state index contributed by atoms with van der Waals surface area (Å²) in [6.45, 7) is 7.25. The average Bonchev–Trinajstić information content (AvgIpc) is 2.20. The summed E-state index contributed by atoms with van der Waals surface area (Å²) in [6.07, 6.45) is 1.71. The van der Waals surface area contributed by atoms with Gasteiger partial charge >= 0.3 is 0 Å². The van der Waals surface area contributed by atoms with Crippen LogP contribution < -0.4 is 5.32 Å². The van der Waals surface area contributed by atoms with Crippen molar-refractivity contribution in [2.24, 2.45) is 5.92 Å². The zero-order valence-corrected chi connectivity index (χ0v) is 10.2. The second-order valence-electron chi connectivity index (χ2n) is 3.62. The first-order chi connectivity index (χ1) is 7.09. The van der Waals surface area contributed by atoms with Crippen LogP contribution in [0.4, 0.5) is 0 Å². The van der Waals surface area contributed by atoms with Gasteiger partial charge in [-0.3, -0.25) is 14.9 Å². The first kappa shape index (κ1) is 14.1. The van der Waals surface area contributed by atoms with Crippen molar-refractivity contribution >= 4 is 11.8 Å². The molecule has 0 unspecified atom stereocenters. The van der Waals surface area contributed by atoms with Crippen LogP contribution in [-0.4, -0.2) is 36.9 Å². The second-order valence-corrected chi connectivity index (χ2v) is 3.62. The van der Waals surface area contributed by atoms with E-state index in [2.05, 4.69) is 10.2 Å². The first-order valence-electron chi connectivity index (χ1n) is 5.59. The van der Waals surface area contributed by atoms with E-state index in [1.807, 2.05) is 20.9 Å². The van der Waals surface area contributed by atoms with Gasteiger partial charge in [0.05, 0.1) is 0 Å². The van der Waals surface area contributed by atoms with Crippen LogP contribution >= 0.6 is 0 Å². The molecule has 0 spiro atoms. The van der Waals surface area contributed by atoms with Crippen LogP contribution in [-0.2, 0) is 9.59 Å². The monoisotopic (exact) mass is 214 g/mol. The van der Waals surface area contributed by atoms with Crippen molar-refractivity contribution in [3.05, 3.63) is 0 Å². The third-order valence-electron chi connectivity index (χ3n) is 2.39. The summed E-state index contributed by atoms with van der Waals surface area (Å²) in [7, 11) is 2.04. The normalized spacial score (nSPS) is 17.6.